The lowest BCUT2D eigenvalue weighted by molar-refractivity contribution is -0.132. The number of carbonyl (C=O) groups is 1. The van der Waals surface area contributed by atoms with E-state index in [-0.39, 0.29) is 29.2 Å². The van der Waals surface area contributed by atoms with Gasteiger partial charge in [-0.25, -0.2) is 8.78 Å². The number of ether oxygens (including phenoxy) is 1. The molecule has 1 aliphatic rings. The zero-order chi connectivity index (χ0) is 14.5. The van der Waals surface area contributed by atoms with E-state index in [0.29, 0.717) is 13.1 Å². The molecule has 1 fully saturated rings. The van der Waals surface area contributed by atoms with Crippen molar-refractivity contribution < 1.29 is 18.3 Å². The van der Waals surface area contributed by atoms with Gasteiger partial charge in [0.05, 0.1) is 17.5 Å². The average molecular weight is 349 g/mol. The van der Waals surface area contributed by atoms with Crippen LogP contribution in [0.4, 0.5) is 8.78 Å². The molecule has 1 heterocycles. The third-order valence-electron chi connectivity index (χ3n) is 3.00. The van der Waals surface area contributed by atoms with E-state index < -0.39 is 11.6 Å². The van der Waals surface area contributed by atoms with Gasteiger partial charge in [-0.2, -0.15) is 0 Å². The number of rotatable bonds is 4. The topological polar surface area (TPSA) is 41.6 Å². The molecule has 1 amide bonds. The average Bonchev–Trinajstić information content (AvgIpc) is 2.42. The summed E-state index contributed by atoms with van der Waals surface area (Å²) in [6.45, 7) is 2.97. The Bertz CT molecular complexity index is 470. The largest absolute Gasteiger partial charge is 0.489 e. The first-order valence-electron chi connectivity index (χ1n) is 6.34. The molecule has 0 unspecified atom stereocenters. The molecule has 0 aromatic heterocycles. The SMILES string of the molecule is O=C(CCOc1c(F)cc(F)cc1Br)N1CCNCC1. The molecule has 1 saturated heterocycles. The number of halogens is 3. The predicted octanol–water partition coefficient (Wildman–Crippen LogP) is 1.93. The summed E-state index contributed by atoms with van der Waals surface area (Å²) in [5, 5.41) is 3.16. The van der Waals surface area contributed by atoms with Gasteiger partial charge in [0, 0.05) is 32.2 Å². The number of carbonyl (C=O) groups excluding carboxylic acids is 1. The van der Waals surface area contributed by atoms with Crippen molar-refractivity contribution in [2.24, 2.45) is 0 Å². The minimum absolute atomic E-state index is 0.0230. The fourth-order valence-electron chi connectivity index (χ4n) is 1.98. The first-order valence-corrected chi connectivity index (χ1v) is 7.13. The summed E-state index contributed by atoms with van der Waals surface area (Å²) in [5.74, 6) is -1.56. The van der Waals surface area contributed by atoms with Gasteiger partial charge in [-0.05, 0) is 22.0 Å². The number of benzene rings is 1. The lowest BCUT2D eigenvalue weighted by Crippen LogP contribution is -2.46. The summed E-state index contributed by atoms with van der Waals surface area (Å²) >= 11 is 3.03. The van der Waals surface area contributed by atoms with E-state index >= 15 is 0 Å². The van der Waals surface area contributed by atoms with Crippen LogP contribution in [0.3, 0.4) is 0 Å². The molecule has 110 valence electrons. The van der Waals surface area contributed by atoms with Gasteiger partial charge >= 0.3 is 0 Å². The summed E-state index contributed by atoms with van der Waals surface area (Å²) in [6, 6.07) is 1.87. The first kappa shape index (κ1) is 15.2. The van der Waals surface area contributed by atoms with E-state index in [1.54, 1.807) is 4.90 Å². The van der Waals surface area contributed by atoms with Crippen LogP contribution in [0.2, 0.25) is 0 Å². The number of hydrogen-bond donors (Lipinski definition) is 1. The Morgan fingerprint density at radius 2 is 2.05 bits per heavy atom. The minimum Gasteiger partial charge on any atom is -0.489 e. The summed E-state index contributed by atoms with van der Waals surface area (Å²) in [4.78, 5) is 13.6. The second-order valence-electron chi connectivity index (χ2n) is 4.43. The smallest absolute Gasteiger partial charge is 0.226 e. The molecule has 7 heteroatoms. The quantitative estimate of drug-likeness (QED) is 0.903. The molecule has 0 bridgehead atoms. The highest BCUT2D eigenvalue weighted by Gasteiger charge is 2.17. The molecule has 0 atom stereocenters. The highest BCUT2D eigenvalue weighted by molar-refractivity contribution is 9.10. The molecule has 0 saturated carbocycles. The summed E-state index contributed by atoms with van der Waals surface area (Å²) in [7, 11) is 0. The molecule has 1 aliphatic heterocycles. The molecule has 1 aromatic rings. The number of nitrogens with zero attached hydrogens (tertiary/aromatic N) is 1. The third-order valence-corrected chi connectivity index (χ3v) is 3.58. The lowest BCUT2D eigenvalue weighted by atomic mass is 10.3. The molecule has 1 N–H and O–H groups in total. The second-order valence-corrected chi connectivity index (χ2v) is 5.28. The Kier molecular flexibility index (Phi) is 5.31. The van der Waals surface area contributed by atoms with Crippen molar-refractivity contribution in [2.75, 3.05) is 32.8 Å². The number of hydrogen-bond acceptors (Lipinski definition) is 3. The number of piperazine rings is 1. The number of nitrogens with one attached hydrogen (secondary N) is 1. The van der Waals surface area contributed by atoms with Crippen LogP contribution in [0.1, 0.15) is 6.42 Å². The third kappa shape index (κ3) is 3.89. The van der Waals surface area contributed by atoms with E-state index in [0.717, 1.165) is 25.2 Å². The molecule has 2 rings (SSSR count). The highest BCUT2D eigenvalue weighted by Crippen LogP contribution is 2.29. The van der Waals surface area contributed by atoms with Crippen LogP contribution in [0.25, 0.3) is 0 Å². The van der Waals surface area contributed by atoms with Crippen molar-refractivity contribution in [3.8, 4) is 5.75 Å². The van der Waals surface area contributed by atoms with Crippen LogP contribution in [0.5, 0.6) is 5.75 Å². The summed E-state index contributed by atoms with van der Waals surface area (Å²) in [6.07, 6.45) is 0.170. The van der Waals surface area contributed by atoms with Crippen LogP contribution >= 0.6 is 15.9 Å². The maximum atomic E-state index is 13.5. The zero-order valence-corrected chi connectivity index (χ0v) is 12.4. The highest BCUT2D eigenvalue weighted by atomic mass is 79.9. The van der Waals surface area contributed by atoms with Gasteiger partial charge in [-0.15, -0.1) is 0 Å². The molecule has 4 nitrogen and oxygen atoms in total. The van der Waals surface area contributed by atoms with Gasteiger partial charge in [0.1, 0.15) is 5.82 Å². The Morgan fingerprint density at radius 1 is 1.35 bits per heavy atom. The predicted molar refractivity (Wildman–Crippen MR) is 73.6 cm³/mol. The van der Waals surface area contributed by atoms with E-state index in [4.69, 9.17) is 4.74 Å². The fraction of sp³-hybridized carbons (Fsp3) is 0.462. The minimum atomic E-state index is -0.786. The Balaban J connectivity index is 1.85. The molecule has 20 heavy (non-hydrogen) atoms. The Hall–Kier alpha value is -1.21. The maximum Gasteiger partial charge on any atom is 0.226 e. The monoisotopic (exact) mass is 348 g/mol. The van der Waals surface area contributed by atoms with Gasteiger partial charge in [0.15, 0.2) is 11.6 Å². The van der Waals surface area contributed by atoms with E-state index in [9.17, 15) is 13.6 Å². The van der Waals surface area contributed by atoms with Crippen molar-refractivity contribution in [1.29, 1.82) is 0 Å². The van der Waals surface area contributed by atoms with E-state index in [1.807, 2.05) is 0 Å². The Labute approximate surface area is 124 Å². The standard InChI is InChI=1S/C13H15BrF2N2O2/c14-10-7-9(15)8-11(16)13(10)20-6-1-12(19)18-4-2-17-3-5-18/h7-8,17H,1-6H2. The van der Waals surface area contributed by atoms with Crippen molar-refractivity contribution in [2.45, 2.75) is 6.42 Å². The molecule has 0 aliphatic carbocycles. The first-order chi connectivity index (χ1) is 9.58. The summed E-state index contributed by atoms with van der Waals surface area (Å²) in [5.41, 5.74) is 0. The Morgan fingerprint density at radius 3 is 2.70 bits per heavy atom. The van der Waals surface area contributed by atoms with Gasteiger partial charge in [-0.1, -0.05) is 0 Å². The lowest BCUT2D eigenvalue weighted by Gasteiger charge is -2.27. The molecular formula is C13H15BrF2N2O2. The van der Waals surface area contributed by atoms with Crippen LogP contribution in [-0.2, 0) is 4.79 Å². The van der Waals surface area contributed by atoms with Crippen LogP contribution in [-0.4, -0.2) is 43.6 Å². The van der Waals surface area contributed by atoms with Crippen LogP contribution < -0.4 is 10.1 Å². The van der Waals surface area contributed by atoms with Crippen molar-refractivity contribution in [3.05, 3.63) is 28.2 Å². The zero-order valence-electron chi connectivity index (χ0n) is 10.8. The van der Waals surface area contributed by atoms with Crippen molar-refractivity contribution >= 4 is 21.8 Å². The van der Waals surface area contributed by atoms with E-state index in [2.05, 4.69) is 21.2 Å². The van der Waals surface area contributed by atoms with E-state index in [1.165, 1.54) is 0 Å². The van der Waals surface area contributed by atoms with Crippen LogP contribution in [0.15, 0.2) is 16.6 Å². The molecular weight excluding hydrogens is 334 g/mol. The fourth-order valence-corrected chi connectivity index (χ4v) is 2.50. The summed E-state index contributed by atoms with van der Waals surface area (Å²) < 4.78 is 31.8. The normalized spacial score (nSPS) is 15.2. The maximum absolute atomic E-state index is 13.5. The van der Waals surface area contributed by atoms with Gasteiger partial charge in [-0.3, -0.25) is 4.79 Å². The number of amides is 1. The molecule has 0 radical (unpaired) electrons. The van der Waals surface area contributed by atoms with Gasteiger partial charge in [0.25, 0.3) is 0 Å². The van der Waals surface area contributed by atoms with Gasteiger partial charge in [0.2, 0.25) is 5.91 Å². The van der Waals surface area contributed by atoms with Gasteiger partial charge < -0.3 is 15.0 Å². The molecule has 0 spiro atoms. The second kappa shape index (κ2) is 6.99. The molecule has 1 aromatic carbocycles. The van der Waals surface area contributed by atoms with Crippen molar-refractivity contribution in [3.63, 3.8) is 0 Å². The van der Waals surface area contributed by atoms with Crippen LogP contribution in [0, 0.1) is 11.6 Å². The van der Waals surface area contributed by atoms with Crippen molar-refractivity contribution in [1.82, 2.24) is 10.2 Å².